The molecule has 21 heavy (non-hydrogen) atoms. The SMILES string of the molecule is COc1ccc([N+](=O)[O-])c(NCCC2CCC(C)CC2)n1. The molecule has 6 nitrogen and oxygen atoms in total. The highest BCUT2D eigenvalue weighted by Crippen LogP contribution is 2.31. The molecule has 1 N–H and O–H groups in total. The molecule has 1 saturated carbocycles. The predicted octanol–water partition coefficient (Wildman–Crippen LogP) is 3.63. The standard InChI is InChI=1S/C15H23N3O3/c1-11-3-5-12(6-4-11)9-10-16-15-13(18(19)20)7-8-14(17-15)21-2/h7-8,11-12H,3-6,9-10H2,1-2H3,(H,16,17). The van der Waals surface area contributed by atoms with Crippen LogP contribution in [0, 0.1) is 22.0 Å². The lowest BCUT2D eigenvalue weighted by atomic mass is 9.81. The molecule has 1 fully saturated rings. The molecule has 6 heteroatoms. The van der Waals surface area contributed by atoms with E-state index in [1.165, 1.54) is 44.9 Å². The van der Waals surface area contributed by atoms with Gasteiger partial charge in [-0.3, -0.25) is 10.1 Å². The van der Waals surface area contributed by atoms with Crippen molar-refractivity contribution in [1.82, 2.24) is 4.98 Å². The summed E-state index contributed by atoms with van der Waals surface area (Å²) in [5, 5.41) is 14.1. The van der Waals surface area contributed by atoms with E-state index in [1.807, 2.05) is 0 Å². The summed E-state index contributed by atoms with van der Waals surface area (Å²) in [6.45, 7) is 3.01. The molecular formula is C15H23N3O3. The number of nitrogens with zero attached hydrogens (tertiary/aromatic N) is 2. The van der Waals surface area contributed by atoms with Crippen LogP contribution in [0.5, 0.6) is 5.88 Å². The number of pyridine rings is 1. The first kappa shape index (κ1) is 15.5. The predicted molar refractivity (Wildman–Crippen MR) is 81.7 cm³/mol. The molecule has 0 amide bonds. The van der Waals surface area contributed by atoms with Crippen molar-refractivity contribution in [1.29, 1.82) is 0 Å². The van der Waals surface area contributed by atoms with Crippen LogP contribution < -0.4 is 10.1 Å². The number of anilines is 1. The van der Waals surface area contributed by atoms with E-state index in [1.54, 1.807) is 0 Å². The lowest BCUT2D eigenvalue weighted by Gasteiger charge is -2.26. The lowest BCUT2D eigenvalue weighted by Crippen LogP contribution is -2.16. The molecule has 1 aromatic heterocycles. The molecule has 2 rings (SSSR count). The molecule has 116 valence electrons. The molecule has 0 unspecified atom stereocenters. The van der Waals surface area contributed by atoms with Crippen molar-refractivity contribution in [2.24, 2.45) is 11.8 Å². The Bertz CT molecular complexity index is 485. The van der Waals surface area contributed by atoms with Crippen LogP contribution in [-0.4, -0.2) is 23.6 Å². The number of hydrogen-bond acceptors (Lipinski definition) is 5. The zero-order valence-corrected chi connectivity index (χ0v) is 12.7. The number of rotatable bonds is 6. The second kappa shape index (κ2) is 7.24. The molecular weight excluding hydrogens is 270 g/mol. The summed E-state index contributed by atoms with van der Waals surface area (Å²) in [5.41, 5.74) is -0.00642. The van der Waals surface area contributed by atoms with Gasteiger partial charge < -0.3 is 10.1 Å². The first-order valence-electron chi connectivity index (χ1n) is 7.53. The van der Waals surface area contributed by atoms with Crippen molar-refractivity contribution in [3.8, 4) is 5.88 Å². The highest BCUT2D eigenvalue weighted by molar-refractivity contribution is 5.56. The van der Waals surface area contributed by atoms with Crippen molar-refractivity contribution in [3.63, 3.8) is 0 Å². The Morgan fingerprint density at radius 1 is 1.38 bits per heavy atom. The fourth-order valence-corrected chi connectivity index (χ4v) is 2.84. The van der Waals surface area contributed by atoms with E-state index >= 15 is 0 Å². The molecule has 1 aliphatic rings. The van der Waals surface area contributed by atoms with Gasteiger partial charge in [-0.05, 0) is 18.3 Å². The highest BCUT2D eigenvalue weighted by Gasteiger charge is 2.19. The fraction of sp³-hybridized carbons (Fsp3) is 0.667. The largest absolute Gasteiger partial charge is 0.481 e. The molecule has 0 bridgehead atoms. The average Bonchev–Trinajstić information content (AvgIpc) is 2.49. The summed E-state index contributed by atoms with van der Waals surface area (Å²) in [6, 6.07) is 2.93. The number of hydrogen-bond donors (Lipinski definition) is 1. The second-order valence-electron chi connectivity index (χ2n) is 5.82. The van der Waals surface area contributed by atoms with Gasteiger partial charge >= 0.3 is 5.69 Å². The molecule has 0 spiro atoms. The maximum absolute atomic E-state index is 11.0. The minimum atomic E-state index is -0.420. The number of methoxy groups -OCH3 is 1. The van der Waals surface area contributed by atoms with Gasteiger partial charge in [-0.25, -0.2) is 0 Å². The Morgan fingerprint density at radius 3 is 2.71 bits per heavy atom. The number of nitro groups is 1. The Balaban J connectivity index is 1.91. The molecule has 0 atom stereocenters. The van der Waals surface area contributed by atoms with E-state index in [-0.39, 0.29) is 5.69 Å². The van der Waals surface area contributed by atoms with Gasteiger partial charge in [0.15, 0.2) is 0 Å². The van der Waals surface area contributed by atoms with Gasteiger partial charge in [0.05, 0.1) is 12.0 Å². The molecule has 1 aromatic rings. The van der Waals surface area contributed by atoms with Gasteiger partial charge in [-0.2, -0.15) is 4.98 Å². The summed E-state index contributed by atoms with van der Waals surface area (Å²) in [6.07, 6.45) is 6.14. The maximum atomic E-state index is 11.0. The molecule has 1 aliphatic carbocycles. The summed E-state index contributed by atoms with van der Waals surface area (Å²) in [4.78, 5) is 14.7. The van der Waals surface area contributed by atoms with Gasteiger partial charge in [0.1, 0.15) is 0 Å². The topological polar surface area (TPSA) is 77.3 Å². The van der Waals surface area contributed by atoms with E-state index in [9.17, 15) is 10.1 Å². The van der Waals surface area contributed by atoms with E-state index in [0.717, 1.165) is 18.3 Å². The van der Waals surface area contributed by atoms with Crippen LogP contribution in [0.4, 0.5) is 11.5 Å². The van der Waals surface area contributed by atoms with Gasteiger partial charge in [-0.15, -0.1) is 0 Å². The summed E-state index contributed by atoms with van der Waals surface area (Å²) in [5.74, 6) is 2.24. The smallest absolute Gasteiger partial charge is 0.311 e. The van der Waals surface area contributed by atoms with Gasteiger partial charge in [0, 0.05) is 18.7 Å². The second-order valence-corrected chi connectivity index (χ2v) is 5.82. The van der Waals surface area contributed by atoms with E-state index in [2.05, 4.69) is 17.2 Å². The molecule has 0 saturated heterocycles. The van der Waals surface area contributed by atoms with Crippen LogP contribution in [0.2, 0.25) is 0 Å². The zero-order valence-electron chi connectivity index (χ0n) is 12.7. The van der Waals surface area contributed by atoms with Crippen molar-refractivity contribution in [3.05, 3.63) is 22.2 Å². The van der Waals surface area contributed by atoms with Crippen molar-refractivity contribution >= 4 is 11.5 Å². The average molecular weight is 293 g/mol. The van der Waals surface area contributed by atoms with E-state index < -0.39 is 4.92 Å². The number of aromatic nitrogens is 1. The summed E-state index contributed by atoms with van der Waals surface area (Å²) < 4.78 is 5.02. The Kier molecular flexibility index (Phi) is 5.36. The first-order valence-corrected chi connectivity index (χ1v) is 7.53. The molecule has 1 heterocycles. The van der Waals surface area contributed by atoms with Crippen molar-refractivity contribution < 1.29 is 9.66 Å². The van der Waals surface area contributed by atoms with Crippen LogP contribution in [0.25, 0.3) is 0 Å². The van der Waals surface area contributed by atoms with E-state index in [0.29, 0.717) is 18.2 Å². The first-order chi connectivity index (χ1) is 10.1. The van der Waals surface area contributed by atoms with Gasteiger partial charge in [0.25, 0.3) is 0 Å². The fourth-order valence-electron chi connectivity index (χ4n) is 2.84. The minimum absolute atomic E-state index is 0.00642. The summed E-state index contributed by atoms with van der Waals surface area (Å²) in [7, 11) is 1.50. The van der Waals surface area contributed by atoms with Crippen LogP contribution in [0.3, 0.4) is 0 Å². The molecule has 0 radical (unpaired) electrons. The van der Waals surface area contributed by atoms with Crippen LogP contribution in [0.15, 0.2) is 12.1 Å². The lowest BCUT2D eigenvalue weighted by molar-refractivity contribution is -0.384. The third-order valence-electron chi connectivity index (χ3n) is 4.23. The van der Waals surface area contributed by atoms with Gasteiger partial charge in [0.2, 0.25) is 11.7 Å². The minimum Gasteiger partial charge on any atom is -0.481 e. The van der Waals surface area contributed by atoms with E-state index in [4.69, 9.17) is 4.74 Å². The number of nitrogens with one attached hydrogen (secondary N) is 1. The Morgan fingerprint density at radius 2 is 2.10 bits per heavy atom. The zero-order chi connectivity index (χ0) is 15.2. The Labute approximate surface area is 125 Å². The Hall–Kier alpha value is -1.85. The summed E-state index contributed by atoms with van der Waals surface area (Å²) >= 11 is 0. The monoisotopic (exact) mass is 293 g/mol. The molecule has 0 aliphatic heterocycles. The third kappa shape index (κ3) is 4.31. The van der Waals surface area contributed by atoms with Crippen LogP contribution >= 0.6 is 0 Å². The van der Waals surface area contributed by atoms with Gasteiger partial charge in [-0.1, -0.05) is 32.6 Å². The molecule has 0 aromatic carbocycles. The van der Waals surface area contributed by atoms with Crippen LogP contribution in [-0.2, 0) is 0 Å². The third-order valence-corrected chi connectivity index (χ3v) is 4.23. The normalized spacial score (nSPS) is 21.8. The van der Waals surface area contributed by atoms with Crippen molar-refractivity contribution in [2.75, 3.05) is 19.0 Å². The van der Waals surface area contributed by atoms with Crippen molar-refractivity contribution in [2.45, 2.75) is 39.0 Å². The quantitative estimate of drug-likeness (QED) is 0.640. The van der Waals surface area contributed by atoms with Crippen LogP contribution in [0.1, 0.15) is 39.0 Å². The number of ether oxygens (including phenoxy) is 1. The highest BCUT2D eigenvalue weighted by atomic mass is 16.6. The maximum Gasteiger partial charge on any atom is 0.311 e.